The largest absolute Gasteiger partial charge is 0.353 e. The Labute approximate surface area is 136 Å². The number of rotatable bonds is 7. The van der Waals surface area contributed by atoms with Crippen molar-refractivity contribution in [2.45, 2.75) is 19.4 Å². The van der Waals surface area contributed by atoms with Crippen LogP contribution < -0.4 is 16.0 Å². The van der Waals surface area contributed by atoms with Gasteiger partial charge < -0.3 is 16.0 Å². The first-order valence-corrected chi connectivity index (χ1v) is 7.77. The molecule has 0 spiro atoms. The van der Waals surface area contributed by atoms with Crippen LogP contribution >= 0.6 is 0 Å². The van der Waals surface area contributed by atoms with Gasteiger partial charge in [0.25, 0.3) is 0 Å². The van der Waals surface area contributed by atoms with E-state index in [-0.39, 0.29) is 30.8 Å². The summed E-state index contributed by atoms with van der Waals surface area (Å²) >= 11 is 0. The molecule has 5 heteroatoms. The molecule has 2 rings (SSSR count). The Morgan fingerprint density at radius 3 is 2.52 bits per heavy atom. The number of benzene rings is 2. The van der Waals surface area contributed by atoms with Crippen molar-refractivity contribution in [1.29, 1.82) is 0 Å². The number of carbonyl (C=O) groups excluding carboxylic acids is 2. The topological polar surface area (TPSA) is 70.2 Å². The number of amides is 2. The molecule has 0 aliphatic heterocycles. The summed E-state index contributed by atoms with van der Waals surface area (Å²) in [6.45, 7) is 2.51. The van der Waals surface area contributed by atoms with Gasteiger partial charge >= 0.3 is 0 Å². The number of likely N-dealkylation sites (N-methyl/N-ethyl adjacent to an activating group) is 1. The number of nitrogens with one attached hydrogen (secondary N) is 3. The third-order valence-corrected chi connectivity index (χ3v) is 3.78. The van der Waals surface area contributed by atoms with E-state index in [1.165, 1.54) is 0 Å². The van der Waals surface area contributed by atoms with Crippen LogP contribution in [-0.2, 0) is 16.0 Å². The van der Waals surface area contributed by atoms with Gasteiger partial charge in [-0.3, -0.25) is 9.59 Å². The summed E-state index contributed by atoms with van der Waals surface area (Å²) in [4.78, 5) is 23.7. The molecule has 0 aliphatic rings. The van der Waals surface area contributed by atoms with Crippen LogP contribution in [0.15, 0.2) is 42.5 Å². The van der Waals surface area contributed by atoms with E-state index in [0.717, 1.165) is 16.3 Å². The van der Waals surface area contributed by atoms with Gasteiger partial charge in [0.05, 0.1) is 13.0 Å². The van der Waals surface area contributed by atoms with Crippen LogP contribution in [0.2, 0.25) is 0 Å². The second-order valence-corrected chi connectivity index (χ2v) is 5.59. The van der Waals surface area contributed by atoms with Crippen LogP contribution in [0.5, 0.6) is 0 Å². The molecular formula is C18H23N3O2. The molecule has 0 saturated carbocycles. The van der Waals surface area contributed by atoms with Gasteiger partial charge in [-0.05, 0) is 30.3 Å². The van der Waals surface area contributed by atoms with E-state index in [9.17, 15) is 9.59 Å². The molecular weight excluding hydrogens is 290 g/mol. The zero-order valence-corrected chi connectivity index (χ0v) is 13.6. The van der Waals surface area contributed by atoms with Gasteiger partial charge in [0.15, 0.2) is 0 Å². The van der Waals surface area contributed by atoms with Crippen molar-refractivity contribution in [3.63, 3.8) is 0 Å². The maximum absolute atomic E-state index is 12.1. The van der Waals surface area contributed by atoms with Gasteiger partial charge in [-0.1, -0.05) is 42.5 Å². The van der Waals surface area contributed by atoms with Crippen LogP contribution in [0.25, 0.3) is 10.8 Å². The molecule has 1 atom stereocenters. The lowest BCUT2D eigenvalue weighted by atomic mass is 10.0. The second kappa shape index (κ2) is 8.29. The van der Waals surface area contributed by atoms with Crippen LogP contribution in [0.1, 0.15) is 12.5 Å². The molecule has 0 aromatic heterocycles. The molecule has 0 saturated heterocycles. The van der Waals surface area contributed by atoms with Crippen LogP contribution in [-0.4, -0.2) is 38.0 Å². The summed E-state index contributed by atoms with van der Waals surface area (Å²) in [5.74, 6) is -0.337. The van der Waals surface area contributed by atoms with Crippen LogP contribution in [0, 0.1) is 0 Å². The van der Waals surface area contributed by atoms with Crippen molar-refractivity contribution >= 4 is 22.6 Å². The van der Waals surface area contributed by atoms with Crippen molar-refractivity contribution < 1.29 is 9.59 Å². The van der Waals surface area contributed by atoms with E-state index in [1.54, 1.807) is 0 Å². The Hall–Kier alpha value is -2.40. The van der Waals surface area contributed by atoms with Gasteiger partial charge in [-0.2, -0.15) is 0 Å². The molecule has 23 heavy (non-hydrogen) atoms. The van der Waals surface area contributed by atoms with E-state index >= 15 is 0 Å². The predicted molar refractivity (Wildman–Crippen MR) is 92.2 cm³/mol. The highest BCUT2D eigenvalue weighted by atomic mass is 16.2. The Balaban J connectivity index is 1.86. The van der Waals surface area contributed by atoms with E-state index in [1.807, 2.05) is 56.4 Å². The lowest BCUT2D eigenvalue weighted by molar-refractivity contribution is -0.125. The van der Waals surface area contributed by atoms with Gasteiger partial charge in [0.2, 0.25) is 11.8 Å². The van der Waals surface area contributed by atoms with Gasteiger partial charge in [-0.15, -0.1) is 0 Å². The van der Waals surface area contributed by atoms with Gasteiger partial charge in [-0.25, -0.2) is 0 Å². The van der Waals surface area contributed by atoms with E-state index in [2.05, 4.69) is 16.0 Å². The molecule has 122 valence electrons. The zero-order valence-electron chi connectivity index (χ0n) is 13.6. The first-order chi connectivity index (χ1) is 11.1. The van der Waals surface area contributed by atoms with Crippen molar-refractivity contribution in [1.82, 2.24) is 16.0 Å². The molecule has 2 aromatic carbocycles. The highest BCUT2D eigenvalue weighted by molar-refractivity contribution is 5.91. The van der Waals surface area contributed by atoms with E-state index in [0.29, 0.717) is 6.54 Å². The Morgan fingerprint density at radius 1 is 1.00 bits per heavy atom. The summed E-state index contributed by atoms with van der Waals surface area (Å²) in [6.07, 6.45) is 0.265. The maximum Gasteiger partial charge on any atom is 0.239 e. The first-order valence-electron chi connectivity index (χ1n) is 7.77. The molecule has 1 unspecified atom stereocenters. The lowest BCUT2D eigenvalue weighted by Gasteiger charge is -2.12. The number of fused-ring (bicyclic) bond motifs is 1. The quantitative estimate of drug-likeness (QED) is 0.720. The predicted octanol–water partition coefficient (Wildman–Crippen LogP) is 1.22. The summed E-state index contributed by atoms with van der Waals surface area (Å²) in [5.41, 5.74) is 0.963. The maximum atomic E-state index is 12.1. The van der Waals surface area contributed by atoms with Crippen molar-refractivity contribution in [2.75, 3.05) is 20.1 Å². The molecule has 5 nitrogen and oxygen atoms in total. The lowest BCUT2D eigenvalue weighted by Crippen LogP contribution is -2.42. The number of hydrogen-bond donors (Lipinski definition) is 3. The number of carbonyl (C=O) groups is 2. The monoisotopic (exact) mass is 313 g/mol. The fourth-order valence-corrected chi connectivity index (χ4v) is 2.29. The van der Waals surface area contributed by atoms with Crippen molar-refractivity contribution in [3.8, 4) is 0 Å². The van der Waals surface area contributed by atoms with Crippen molar-refractivity contribution in [3.05, 3.63) is 48.0 Å². The van der Waals surface area contributed by atoms with E-state index in [4.69, 9.17) is 0 Å². The average Bonchev–Trinajstić information content (AvgIpc) is 2.58. The first kappa shape index (κ1) is 17.0. The second-order valence-electron chi connectivity index (χ2n) is 5.59. The van der Waals surface area contributed by atoms with Crippen LogP contribution in [0.3, 0.4) is 0 Å². The zero-order chi connectivity index (χ0) is 16.7. The highest BCUT2D eigenvalue weighted by Gasteiger charge is 2.09. The summed E-state index contributed by atoms with van der Waals surface area (Å²) in [5, 5.41) is 10.6. The molecule has 3 N–H and O–H groups in total. The molecule has 0 heterocycles. The molecule has 0 radical (unpaired) electrons. The van der Waals surface area contributed by atoms with Gasteiger partial charge in [0.1, 0.15) is 0 Å². The number of hydrogen-bond acceptors (Lipinski definition) is 3. The van der Waals surface area contributed by atoms with Gasteiger partial charge in [0, 0.05) is 12.6 Å². The van der Waals surface area contributed by atoms with Crippen LogP contribution in [0.4, 0.5) is 0 Å². The summed E-state index contributed by atoms with van der Waals surface area (Å²) < 4.78 is 0. The molecule has 0 bridgehead atoms. The minimum Gasteiger partial charge on any atom is -0.353 e. The standard InChI is InChI=1S/C18H23N3O2/c1-13(19-2)11-20-18(23)12-21-17(22)10-15-8-5-7-14-6-3-4-9-16(14)15/h3-9,13,19H,10-12H2,1-2H3,(H,20,23)(H,21,22). The third kappa shape index (κ3) is 5.07. The molecule has 0 fully saturated rings. The fourth-order valence-electron chi connectivity index (χ4n) is 2.29. The summed E-state index contributed by atoms with van der Waals surface area (Å²) in [7, 11) is 1.84. The fraction of sp³-hybridized carbons (Fsp3) is 0.333. The minimum atomic E-state index is -0.182. The average molecular weight is 313 g/mol. The molecule has 0 aliphatic carbocycles. The molecule has 2 aromatic rings. The Kier molecular flexibility index (Phi) is 6.11. The summed E-state index contributed by atoms with van der Waals surface area (Å²) in [6, 6.07) is 14.1. The normalized spacial score (nSPS) is 11.9. The SMILES string of the molecule is CNC(C)CNC(=O)CNC(=O)Cc1cccc2ccccc12. The van der Waals surface area contributed by atoms with Crippen molar-refractivity contribution in [2.24, 2.45) is 0 Å². The molecule has 2 amide bonds. The van der Waals surface area contributed by atoms with E-state index < -0.39 is 0 Å². The smallest absolute Gasteiger partial charge is 0.239 e. The third-order valence-electron chi connectivity index (χ3n) is 3.78. The Morgan fingerprint density at radius 2 is 1.74 bits per heavy atom. The highest BCUT2D eigenvalue weighted by Crippen LogP contribution is 2.18. The minimum absolute atomic E-state index is 0.0000335. The Bertz CT molecular complexity index is 680.